The molecule has 4 aromatic carbocycles. The van der Waals surface area contributed by atoms with Crippen LogP contribution in [0.4, 0.5) is 17.1 Å². The molecule has 0 aromatic heterocycles. The zero-order chi connectivity index (χ0) is 26.4. The summed E-state index contributed by atoms with van der Waals surface area (Å²) in [6.45, 7) is 1.68. The molecule has 1 fully saturated rings. The van der Waals surface area contributed by atoms with E-state index in [1.54, 1.807) is 42.5 Å². The highest BCUT2D eigenvalue weighted by Crippen LogP contribution is 2.28. The Labute approximate surface area is 223 Å². The molecular weight excluding hydrogens is 498 g/mol. The van der Waals surface area contributed by atoms with Gasteiger partial charge in [-0.05, 0) is 85.6 Å². The van der Waals surface area contributed by atoms with Crippen molar-refractivity contribution in [2.75, 3.05) is 34.2 Å². The van der Waals surface area contributed by atoms with Crippen molar-refractivity contribution in [3.05, 3.63) is 109 Å². The summed E-state index contributed by atoms with van der Waals surface area (Å²) in [7, 11) is -4.01. The molecule has 0 atom stereocenters. The third kappa shape index (κ3) is 5.98. The predicted molar refractivity (Wildman–Crippen MR) is 150 cm³/mol. The molecule has 5 rings (SSSR count). The van der Waals surface area contributed by atoms with Crippen LogP contribution in [-0.4, -0.2) is 34.0 Å². The lowest BCUT2D eigenvalue weighted by Crippen LogP contribution is -2.38. The molecule has 0 unspecified atom stereocenters. The largest absolute Gasteiger partial charge is 0.457 e. The Balaban J connectivity index is 1.35. The summed E-state index contributed by atoms with van der Waals surface area (Å²) in [6, 6.07) is 31.7. The van der Waals surface area contributed by atoms with Gasteiger partial charge in [-0.25, -0.2) is 8.42 Å². The number of carbonyl (C=O) groups is 1. The average molecular weight is 528 g/mol. The number of carbonyl (C=O) groups excluding carboxylic acids is 1. The summed E-state index contributed by atoms with van der Waals surface area (Å²) in [4.78, 5) is 15.5. The van der Waals surface area contributed by atoms with Crippen LogP contribution < -0.4 is 19.3 Å². The van der Waals surface area contributed by atoms with E-state index in [9.17, 15) is 13.2 Å². The van der Waals surface area contributed by atoms with Crippen LogP contribution in [0.3, 0.4) is 0 Å². The zero-order valence-corrected chi connectivity index (χ0v) is 21.7. The Morgan fingerprint density at radius 3 is 1.97 bits per heavy atom. The van der Waals surface area contributed by atoms with Crippen molar-refractivity contribution in [2.45, 2.75) is 17.7 Å². The lowest BCUT2D eigenvalue weighted by atomic mass is 10.2. The normalized spacial score (nSPS) is 13.2. The number of rotatable bonds is 9. The molecule has 1 amide bonds. The van der Waals surface area contributed by atoms with Gasteiger partial charge in [-0.1, -0.05) is 36.4 Å². The van der Waals surface area contributed by atoms with Crippen LogP contribution in [0, 0.1) is 0 Å². The summed E-state index contributed by atoms with van der Waals surface area (Å²) < 4.78 is 34.1. The number of ether oxygens (including phenoxy) is 1. The maximum Gasteiger partial charge on any atom is 0.264 e. The topological polar surface area (TPSA) is 78.9 Å². The van der Waals surface area contributed by atoms with Gasteiger partial charge < -0.3 is 15.0 Å². The monoisotopic (exact) mass is 527 g/mol. The Bertz CT molecular complexity index is 1450. The molecule has 0 aliphatic carbocycles. The zero-order valence-electron chi connectivity index (χ0n) is 20.9. The van der Waals surface area contributed by atoms with Crippen LogP contribution in [-0.2, 0) is 14.8 Å². The number of nitrogens with zero attached hydrogens (tertiary/aromatic N) is 2. The standard InChI is InChI=1S/C30H29N3O4S/c34-30(31-24-13-15-25(16-14-24)32-21-7-8-22-32)23-33(38(35,36)29-11-5-2-6-12-29)26-17-19-28(20-18-26)37-27-9-3-1-4-10-27/h1-6,9-20H,7-8,21-23H2,(H,31,34). The van der Waals surface area contributed by atoms with E-state index in [2.05, 4.69) is 10.2 Å². The maximum atomic E-state index is 13.6. The van der Waals surface area contributed by atoms with Crippen LogP contribution in [0.25, 0.3) is 0 Å². The van der Waals surface area contributed by atoms with Crippen molar-refractivity contribution in [3.63, 3.8) is 0 Å². The molecule has 38 heavy (non-hydrogen) atoms. The minimum Gasteiger partial charge on any atom is -0.457 e. The Morgan fingerprint density at radius 1 is 0.763 bits per heavy atom. The molecule has 1 heterocycles. The predicted octanol–water partition coefficient (Wildman–Crippen LogP) is 5.91. The molecule has 194 valence electrons. The van der Waals surface area contributed by atoms with E-state index < -0.39 is 15.9 Å². The summed E-state index contributed by atoms with van der Waals surface area (Å²) in [5.41, 5.74) is 2.09. The SMILES string of the molecule is O=C(CN(c1ccc(Oc2ccccc2)cc1)S(=O)(=O)c1ccccc1)Nc1ccc(N2CCCC2)cc1. The molecule has 0 radical (unpaired) electrons. The number of benzene rings is 4. The maximum absolute atomic E-state index is 13.6. The third-order valence-corrected chi connectivity index (χ3v) is 8.13. The highest BCUT2D eigenvalue weighted by atomic mass is 32.2. The van der Waals surface area contributed by atoms with E-state index in [0.29, 0.717) is 22.9 Å². The molecule has 0 saturated carbocycles. The van der Waals surface area contributed by atoms with Crippen molar-refractivity contribution < 1.29 is 17.9 Å². The van der Waals surface area contributed by atoms with Gasteiger partial charge in [-0.3, -0.25) is 9.10 Å². The first kappa shape index (κ1) is 25.4. The second kappa shape index (κ2) is 11.4. The van der Waals surface area contributed by atoms with Gasteiger partial charge in [0.2, 0.25) is 5.91 Å². The number of sulfonamides is 1. The van der Waals surface area contributed by atoms with Crippen LogP contribution in [0.2, 0.25) is 0 Å². The van der Waals surface area contributed by atoms with Gasteiger partial charge in [-0.2, -0.15) is 0 Å². The number of anilines is 3. The first-order chi connectivity index (χ1) is 18.5. The number of nitrogens with one attached hydrogen (secondary N) is 1. The third-order valence-electron chi connectivity index (χ3n) is 6.34. The number of hydrogen-bond donors (Lipinski definition) is 1. The molecule has 1 saturated heterocycles. The summed E-state index contributed by atoms with van der Waals surface area (Å²) in [5, 5.41) is 2.84. The molecule has 1 aliphatic rings. The van der Waals surface area contributed by atoms with Crippen molar-refractivity contribution in [1.82, 2.24) is 0 Å². The molecular formula is C30H29N3O4S. The van der Waals surface area contributed by atoms with E-state index in [1.807, 2.05) is 54.6 Å². The minimum atomic E-state index is -4.01. The fraction of sp³-hybridized carbons (Fsp3) is 0.167. The van der Waals surface area contributed by atoms with Crippen molar-refractivity contribution >= 4 is 33.0 Å². The summed E-state index contributed by atoms with van der Waals surface area (Å²) in [6.07, 6.45) is 2.37. The lowest BCUT2D eigenvalue weighted by molar-refractivity contribution is -0.114. The van der Waals surface area contributed by atoms with Crippen LogP contribution in [0.1, 0.15) is 12.8 Å². The first-order valence-corrected chi connectivity index (χ1v) is 14.0. The van der Waals surface area contributed by atoms with Gasteiger partial charge in [0.1, 0.15) is 18.0 Å². The molecule has 1 aliphatic heterocycles. The van der Waals surface area contributed by atoms with Crippen molar-refractivity contribution in [2.24, 2.45) is 0 Å². The van der Waals surface area contributed by atoms with E-state index >= 15 is 0 Å². The van der Waals surface area contributed by atoms with E-state index in [4.69, 9.17) is 4.74 Å². The fourth-order valence-electron chi connectivity index (χ4n) is 4.40. The lowest BCUT2D eigenvalue weighted by Gasteiger charge is -2.24. The first-order valence-electron chi connectivity index (χ1n) is 12.5. The fourth-order valence-corrected chi connectivity index (χ4v) is 5.84. The van der Waals surface area contributed by atoms with Crippen LogP contribution in [0.5, 0.6) is 11.5 Å². The number of amides is 1. The Kier molecular flexibility index (Phi) is 7.60. The minimum absolute atomic E-state index is 0.104. The van der Waals surface area contributed by atoms with Gasteiger partial charge in [0.15, 0.2) is 0 Å². The van der Waals surface area contributed by atoms with E-state index in [1.165, 1.54) is 25.0 Å². The van der Waals surface area contributed by atoms with Crippen LogP contribution >= 0.6 is 0 Å². The average Bonchev–Trinajstić information content (AvgIpc) is 3.49. The van der Waals surface area contributed by atoms with Gasteiger partial charge in [-0.15, -0.1) is 0 Å². The molecule has 8 heteroatoms. The van der Waals surface area contributed by atoms with Crippen molar-refractivity contribution in [1.29, 1.82) is 0 Å². The van der Waals surface area contributed by atoms with Crippen LogP contribution in [0.15, 0.2) is 114 Å². The molecule has 0 bridgehead atoms. The summed E-state index contributed by atoms with van der Waals surface area (Å²) >= 11 is 0. The van der Waals surface area contributed by atoms with E-state index in [-0.39, 0.29) is 11.4 Å². The van der Waals surface area contributed by atoms with Gasteiger partial charge in [0, 0.05) is 24.5 Å². The Hall–Kier alpha value is -4.30. The molecule has 7 nitrogen and oxygen atoms in total. The number of para-hydroxylation sites is 1. The van der Waals surface area contributed by atoms with Gasteiger partial charge in [0.05, 0.1) is 10.6 Å². The smallest absolute Gasteiger partial charge is 0.264 e. The molecule has 0 spiro atoms. The summed E-state index contributed by atoms with van der Waals surface area (Å²) in [5.74, 6) is 0.784. The molecule has 1 N–H and O–H groups in total. The highest BCUT2D eigenvalue weighted by Gasteiger charge is 2.27. The quantitative estimate of drug-likeness (QED) is 0.293. The second-order valence-electron chi connectivity index (χ2n) is 9.02. The molecule has 4 aromatic rings. The highest BCUT2D eigenvalue weighted by molar-refractivity contribution is 7.92. The van der Waals surface area contributed by atoms with Crippen molar-refractivity contribution in [3.8, 4) is 11.5 Å². The Morgan fingerprint density at radius 2 is 1.34 bits per heavy atom. The van der Waals surface area contributed by atoms with E-state index in [0.717, 1.165) is 23.1 Å². The van der Waals surface area contributed by atoms with Gasteiger partial charge >= 0.3 is 0 Å². The number of hydrogen-bond acceptors (Lipinski definition) is 5. The van der Waals surface area contributed by atoms with Gasteiger partial charge in [0.25, 0.3) is 10.0 Å². The second-order valence-corrected chi connectivity index (χ2v) is 10.9.